The number of hydrogen-bond donors (Lipinski definition) is 3. The minimum absolute atomic E-state index is 0.0713. The van der Waals surface area contributed by atoms with Crippen LogP contribution in [0, 0.1) is 0 Å². The van der Waals surface area contributed by atoms with Crippen molar-refractivity contribution in [3.8, 4) is 5.75 Å². The normalized spacial score (nSPS) is 10.6. The van der Waals surface area contributed by atoms with Crippen LogP contribution in [0.4, 0.5) is 5.82 Å². The molecule has 3 rings (SSSR count). The summed E-state index contributed by atoms with van der Waals surface area (Å²) in [6, 6.07) is 7.74. The second-order valence-corrected chi connectivity index (χ2v) is 5.58. The van der Waals surface area contributed by atoms with Crippen LogP contribution in [0.5, 0.6) is 5.75 Å². The van der Waals surface area contributed by atoms with Crippen LogP contribution in [-0.2, 0) is 11.2 Å². The molecule has 0 aliphatic heterocycles. The van der Waals surface area contributed by atoms with E-state index < -0.39 is 0 Å². The molecule has 3 N–H and O–H groups in total. The van der Waals surface area contributed by atoms with Crippen molar-refractivity contribution in [1.29, 1.82) is 0 Å². The molecular formula is C16H17ClN6O2. The molecular weight excluding hydrogens is 344 g/mol. The Balaban J connectivity index is 1.48. The number of nitrogens with zero attached hydrogens (tertiary/aromatic N) is 3. The van der Waals surface area contributed by atoms with E-state index in [1.54, 1.807) is 7.11 Å². The molecule has 0 unspecified atom stereocenters. The van der Waals surface area contributed by atoms with Crippen LogP contribution in [0.15, 0.2) is 30.6 Å². The van der Waals surface area contributed by atoms with Crippen LogP contribution < -0.4 is 15.4 Å². The van der Waals surface area contributed by atoms with Gasteiger partial charge < -0.3 is 20.4 Å². The van der Waals surface area contributed by atoms with Crippen LogP contribution in [0.3, 0.4) is 0 Å². The van der Waals surface area contributed by atoms with Gasteiger partial charge >= 0.3 is 0 Å². The summed E-state index contributed by atoms with van der Waals surface area (Å²) in [6.45, 7) is 0.612. The number of H-pyrrole nitrogens is 1. The minimum atomic E-state index is -0.143. The predicted octanol–water partition coefficient (Wildman–Crippen LogP) is 1.79. The molecule has 0 saturated heterocycles. The van der Waals surface area contributed by atoms with Gasteiger partial charge in [-0.2, -0.15) is 9.97 Å². The summed E-state index contributed by atoms with van der Waals surface area (Å²) >= 11 is 5.84. The Morgan fingerprint density at radius 3 is 2.84 bits per heavy atom. The van der Waals surface area contributed by atoms with Crippen molar-refractivity contribution in [3.63, 3.8) is 0 Å². The number of rotatable bonds is 7. The van der Waals surface area contributed by atoms with Gasteiger partial charge in [0.25, 0.3) is 0 Å². The Bertz CT molecular complexity index is 865. The fourth-order valence-electron chi connectivity index (χ4n) is 2.30. The van der Waals surface area contributed by atoms with Crippen molar-refractivity contribution in [2.45, 2.75) is 6.42 Å². The number of aromatic nitrogens is 4. The number of anilines is 1. The van der Waals surface area contributed by atoms with Crippen molar-refractivity contribution in [2.75, 3.05) is 25.5 Å². The van der Waals surface area contributed by atoms with E-state index in [2.05, 4.69) is 30.6 Å². The third-order valence-corrected chi connectivity index (χ3v) is 3.74. The molecule has 0 aliphatic carbocycles. The molecule has 0 fully saturated rings. The lowest BCUT2D eigenvalue weighted by atomic mass is 10.1. The number of nitrogens with one attached hydrogen (secondary N) is 3. The van der Waals surface area contributed by atoms with Crippen molar-refractivity contribution >= 4 is 34.5 Å². The van der Waals surface area contributed by atoms with E-state index >= 15 is 0 Å². The zero-order valence-electron chi connectivity index (χ0n) is 13.5. The van der Waals surface area contributed by atoms with Crippen LogP contribution in [-0.4, -0.2) is 46.0 Å². The number of benzene rings is 1. The maximum Gasteiger partial charge on any atom is 0.239 e. The Morgan fingerprint density at radius 2 is 2.08 bits per heavy atom. The lowest BCUT2D eigenvalue weighted by Crippen LogP contribution is -2.31. The van der Waals surface area contributed by atoms with Gasteiger partial charge in [0, 0.05) is 6.54 Å². The average Bonchev–Trinajstić information content (AvgIpc) is 3.08. The molecule has 0 bridgehead atoms. The number of methoxy groups -OCH3 is 1. The smallest absolute Gasteiger partial charge is 0.239 e. The highest BCUT2D eigenvalue weighted by atomic mass is 35.5. The van der Waals surface area contributed by atoms with Crippen molar-refractivity contribution in [1.82, 2.24) is 25.3 Å². The summed E-state index contributed by atoms with van der Waals surface area (Å²) in [5, 5.41) is 5.87. The number of hydrogen-bond acceptors (Lipinski definition) is 6. The third kappa shape index (κ3) is 4.36. The number of fused-ring (bicyclic) bond motifs is 1. The van der Waals surface area contributed by atoms with E-state index in [0.717, 1.165) is 17.7 Å². The van der Waals surface area contributed by atoms with E-state index in [0.29, 0.717) is 23.5 Å². The topological polar surface area (TPSA) is 105 Å². The van der Waals surface area contributed by atoms with Crippen molar-refractivity contribution in [3.05, 3.63) is 41.4 Å². The monoisotopic (exact) mass is 360 g/mol. The molecule has 9 heteroatoms. The number of halogens is 1. The third-order valence-electron chi connectivity index (χ3n) is 3.57. The van der Waals surface area contributed by atoms with Gasteiger partial charge in [-0.15, -0.1) is 0 Å². The largest absolute Gasteiger partial charge is 0.497 e. The van der Waals surface area contributed by atoms with Gasteiger partial charge in [0.05, 0.1) is 20.0 Å². The van der Waals surface area contributed by atoms with Gasteiger partial charge in [-0.3, -0.25) is 4.79 Å². The first kappa shape index (κ1) is 17.0. The maximum absolute atomic E-state index is 12.0. The average molecular weight is 361 g/mol. The summed E-state index contributed by atoms with van der Waals surface area (Å²) in [6.07, 6.45) is 2.23. The predicted molar refractivity (Wildman–Crippen MR) is 94.9 cm³/mol. The molecule has 0 atom stereocenters. The molecule has 130 valence electrons. The molecule has 0 aliphatic rings. The SMILES string of the molecule is COc1ccc(CCNC(=O)CNc2nc(Cl)nc3nc[nH]c23)cc1. The van der Waals surface area contributed by atoms with Crippen LogP contribution >= 0.6 is 11.6 Å². The highest BCUT2D eigenvalue weighted by Crippen LogP contribution is 2.18. The van der Waals surface area contributed by atoms with E-state index in [-0.39, 0.29) is 17.7 Å². The summed E-state index contributed by atoms with van der Waals surface area (Å²) in [7, 11) is 1.63. The van der Waals surface area contributed by atoms with Gasteiger partial charge in [-0.25, -0.2) is 4.98 Å². The maximum atomic E-state index is 12.0. The van der Waals surface area contributed by atoms with Crippen molar-refractivity contribution < 1.29 is 9.53 Å². The minimum Gasteiger partial charge on any atom is -0.497 e. The second-order valence-electron chi connectivity index (χ2n) is 5.24. The number of carbonyl (C=O) groups excluding carboxylic acids is 1. The van der Waals surface area contributed by atoms with Gasteiger partial charge in [0.2, 0.25) is 11.2 Å². The Hall–Kier alpha value is -2.87. The fraction of sp³-hybridized carbons (Fsp3) is 0.250. The lowest BCUT2D eigenvalue weighted by molar-refractivity contribution is -0.119. The second kappa shape index (κ2) is 7.80. The first-order chi connectivity index (χ1) is 12.2. The molecule has 2 heterocycles. The van der Waals surface area contributed by atoms with Gasteiger partial charge in [0.15, 0.2) is 11.5 Å². The van der Waals surface area contributed by atoms with Crippen LogP contribution in [0.25, 0.3) is 11.2 Å². The molecule has 0 spiro atoms. The first-order valence-corrected chi connectivity index (χ1v) is 8.03. The summed E-state index contributed by atoms with van der Waals surface area (Å²) in [5.74, 6) is 1.11. The van der Waals surface area contributed by atoms with E-state index in [1.807, 2.05) is 24.3 Å². The molecule has 1 amide bonds. The molecule has 8 nitrogen and oxygen atoms in total. The Kier molecular flexibility index (Phi) is 5.30. The van der Waals surface area contributed by atoms with Gasteiger partial charge in [-0.05, 0) is 35.7 Å². The van der Waals surface area contributed by atoms with Crippen LogP contribution in [0.1, 0.15) is 5.56 Å². The van der Waals surface area contributed by atoms with Gasteiger partial charge in [-0.1, -0.05) is 12.1 Å². The zero-order chi connectivity index (χ0) is 17.6. The highest BCUT2D eigenvalue weighted by molar-refractivity contribution is 6.28. The Labute approximate surface area is 149 Å². The highest BCUT2D eigenvalue weighted by Gasteiger charge is 2.10. The molecule has 3 aromatic rings. The molecule has 0 radical (unpaired) electrons. The number of carbonyl (C=O) groups is 1. The molecule has 25 heavy (non-hydrogen) atoms. The summed E-state index contributed by atoms with van der Waals surface area (Å²) in [4.78, 5) is 27.0. The zero-order valence-corrected chi connectivity index (χ0v) is 14.3. The molecule has 1 aromatic carbocycles. The van der Waals surface area contributed by atoms with E-state index in [1.165, 1.54) is 6.33 Å². The fourth-order valence-corrected chi connectivity index (χ4v) is 2.46. The van der Waals surface area contributed by atoms with Gasteiger partial charge in [0.1, 0.15) is 11.3 Å². The molecule has 0 saturated carbocycles. The standard InChI is InChI=1S/C16H17ClN6O2/c1-25-11-4-2-10(3-5-11)6-7-18-12(24)8-19-14-13-15(21-9-20-13)23-16(17)22-14/h2-5,9H,6-8H2,1H3,(H,18,24)(H2,19,20,21,22,23). The quantitative estimate of drug-likeness (QED) is 0.555. The number of amides is 1. The lowest BCUT2D eigenvalue weighted by Gasteiger charge is -2.08. The summed E-state index contributed by atoms with van der Waals surface area (Å²) < 4.78 is 5.11. The van der Waals surface area contributed by atoms with Crippen LogP contribution in [0.2, 0.25) is 5.28 Å². The number of aromatic amines is 1. The van der Waals surface area contributed by atoms with Crippen molar-refractivity contribution in [2.24, 2.45) is 0 Å². The number of imidazole rings is 1. The van der Waals surface area contributed by atoms with E-state index in [4.69, 9.17) is 16.3 Å². The first-order valence-electron chi connectivity index (χ1n) is 7.66. The van der Waals surface area contributed by atoms with E-state index in [9.17, 15) is 4.79 Å². The Morgan fingerprint density at radius 1 is 1.28 bits per heavy atom. The number of ether oxygens (including phenoxy) is 1. The molecule has 2 aromatic heterocycles. The summed E-state index contributed by atoms with van der Waals surface area (Å²) in [5.41, 5.74) is 2.17.